The van der Waals surface area contributed by atoms with Crippen LogP contribution in [0.25, 0.3) is 16.9 Å². The van der Waals surface area contributed by atoms with Gasteiger partial charge in [0.05, 0.1) is 21.8 Å². The molecule has 0 saturated carbocycles. The maximum absolute atomic E-state index is 13.0. The van der Waals surface area contributed by atoms with Crippen molar-refractivity contribution in [2.75, 3.05) is 17.7 Å². The summed E-state index contributed by atoms with van der Waals surface area (Å²) in [6.07, 6.45) is 0. The molecule has 174 valence electrons. The van der Waals surface area contributed by atoms with E-state index in [4.69, 9.17) is 23.2 Å². The number of carbonyl (C=O) groups is 2. The fourth-order valence-corrected chi connectivity index (χ4v) is 3.63. The van der Waals surface area contributed by atoms with Crippen LogP contribution in [0.15, 0.2) is 60.7 Å². The summed E-state index contributed by atoms with van der Waals surface area (Å²) in [5.74, 6) is 0.110. The van der Waals surface area contributed by atoms with Gasteiger partial charge in [-0.25, -0.2) is 4.68 Å². The van der Waals surface area contributed by atoms with Gasteiger partial charge >= 0.3 is 0 Å². The quantitative estimate of drug-likeness (QED) is 0.419. The molecule has 1 aromatic heterocycles. The van der Waals surface area contributed by atoms with E-state index in [1.165, 1.54) is 4.90 Å². The Morgan fingerprint density at radius 1 is 1.09 bits per heavy atom. The van der Waals surface area contributed by atoms with E-state index >= 15 is 0 Å². The Morgan fingerprint density at radius 3 is 2.33 bits per heavy atom. The molecule has 0 spiro atoms. The molecule has 1 heterocycles. The number of hydrogen-bond donors (Lipinski definition) is 1. The molecule has 0 aliphatic rings. The van der Waals surface area contributed by atoms with E-state index in [1.54, 1.807) is 30.7 Å². The van der Waals surface area contributed by atoms with Gasteiger partial charge in [-0.05, 0) is 39.8 Å². The van der Waals surface area contributed by atoms with Crippen LogP contribution < -0.4 is 5.32 Å². The lowest BCUT2D eigenvalue weighted by molar-refractivity contribution is -0.143. The number of anilines is 1. The van der Waals surface area contributed by atoms with Crippen molar-refractivity contribution in [2.45, 2.75) is 33.7 Å². The van der Waals surface area contributed by atoms with E-state index in [0.29, 0.717) is 22.2 Å². The van der Waals surface area contributed by atoms with Crippen LogP contribution in [0.4, 0.5) is 5.82 Å². The van der Waals surface area contributed by atoms with Gasteiger partial charge in [0, 0.05) is 23.6 Å². The number of carbonyl (C=O) groups excluding carboxylic acids is 2. The zero-order valence-corrected chi connectivity index (χ0v) is 20.7. The van der Waals surface area contributed by atoms with E-state index in [9.17, 15) is 9.59 Å². The molecular weight excluding hydrogens is 459 g/mol. The number of halogens is 2. The Hall–Kier alpha value is -2.83. The Morgan fingerprint density at radius 2 is 1.73 bits per heavy atom. The fraction of sp³-hybridized carbons (Fsp3) is 0.320. The van der Waals surface area contributed by atoms with Gasteiger partial charge in [-0.15, -0.1) is 11.6 Å². The molecule has 0 saturated heterocycles. The molecule has 3 rings (SSSR count). The fourth-order valence-electron chi connectivity index (χ4n) is 3.30. The van der Waals surface area contributed by atoms with Crippen LogP contribution in [0.2, 0.25) is 5.02 Å². The highest BCUT2D eigenvalue weighted by Gasteiger charge is 2.33. The molecular formula is C25H28Cl2N4O2. The zero-order valence-electron chi connectivity index (χ0n) is 19.2. The number of nitrogens with zero attached hydrogens (tertiary/aromatic N) is 3. The predicted molar refractivity (Wildman–Crippen MR) is 134 cm³/mol. The van der Waals surface area contributed by atoms with E-state index in [2.05, 4.69) is 10.4 Å². The maximum atomic E-state index is 13.0. The van der Waals surface area contributed by atoms with Crippen molar-refractivity contribution in [2.24, 2.45) is 5.41 Å². The highest BCUT2D eigenvalue weighted by Crippen LogP contribution is 2.28. The number of nitrogens with one attached hydrogen (secondary N) is 1. The van der Waals surface area contributed by atoms with Crippen molar-refractivity contribution < 1.29 is 9.59 Å². The first kappa shape index (κ1) is 24.8. The molecule has 0 aliphatic carbocycles. The van der Waals surface area contributed by atoms with Gasteiger partial charge in [0.25, 0.3) is 0 Å². The summed E-state index contributed by atoms with van der Waals surface area (Å²) in [5, 5.41) is 8.10. The molecule has 3 aromatic rings. The Kier molecular flexibility index (Phi) is 7.82. The van der Waals surface area contributed by atoms with Gasteiger partial charge in [-0.3, -0.25) is 9.59 Å². The van der Waals surface area contributed by atoms with Gasteiger partial charge in [0.1, 0.15) is 12.4 Å². The molecule has 1 N–H and O–H groups in total. The van der Waals surface area contributed by atoms with E-state index < -0.39 is 5.41 Å². The van der Waals surface area contributed by atoms with Crippen LogP contribution >= 0.6 is 23.2 Å². The van der Waals surface area contributed by atoms with E-state index in [-0.39, 0.29) is 30.3 Å². The zero-order chi connectivity index (χ0) is 24.2. The smallest absolute Gasteiger partial charge is 0.245 e. The average molecular weight is 487 g/mol. The van der Waals surface area contributed by atoms with Crippen molar-refractivity contribution in [3.63, 3.8) is 0 Å². The summed E-state index contributed by atoms with van der Waals surface area (Å²) in [6.45, 7) is 7.18. The van der Waals surface area contributed by atoms with Crippen molar-refractivity contribution in [1.82, 2.24) is 14.7 Å². The third-order valence-corrected chi connectivity index (χ3v) is 6.23. The highest BCUT2D eigenvalue weighted by atomic mass is 35.5. The Balaban J connectivity index is 1.93. The molecule has 33 heavy (non-hydrogen) atoms. The molecule has 8 heteroatoms. The second-order valence-electron chi connectivity index (χ2n) is 8.74. The summed E-state index contributed by atoms with van der Waals surface area (Å²) in [4.78, 5) is 27.6. The average Bonchev–Trinajstić information content (AvgIpc) is 3.21. The number of benzene rings is 2. The first-order valence-electron chi connectivity index (χ1n) is 10.7. The second kappa shape index (κ2) is 10.4. The molecule has 0 atom stereocenters. The SMILES string of the molecule is CC(C)N(CC(=O)Nc1cc(-c2ccccc2)nn1-c1ccccc1Cl)C(=O)C(C)(C)CCl. The molecule has 6 nitrogen and oxygen atoms in total. The first-order valence-corrected chi connectivity index (χ1v) is 11.6. The molecule has 0 unspecified atom stereocenters. The lowest BCUT2D eigenvalue weighted by atomic mass is 9.93. The van der Waals surface area contributed by atoms with Crippen LogP contribution in [-0.2, 0) is 9.59 Å². The van der Waals surface area contributed by atoms with E-state index in [1.807, 2.05) is 62.4 Å². The monoisotopic (exact) mass is 486 g/mol. The summed E-state index contributed by atoms with van der Waals surface area (Å²) in [7, 11) is 0. The van der Waals surface area contributed by atoms with Crippen LogP contribution in [0.1, 0.15) is 27.7 Å². The number of rotatable bonds is 8. The second-order valence-corrected chi connectivity index (χ2v) is 9.41. The molecule has 0 aliphatic heterocycles. The third-order valence-electron chi connectivity index (χ3n) is 5.24. The van der Waals surface area contributed by atoms with E-state index in [0.717, 1.165) is 5.56 Å². The minimum Gasteiger partial charge on any atom is -0.330 e. The van der Waals surface area contributed by atoms with Crippen LogP contribution in [0.3, 0.4) is 0 Å². The summed E-state index contributed by atoms with van der Waals surface area (Å²) >= 11 is 12.4. The standard InChI is InChI=1S/C25H28Cl2N4O2/c1-17(2)30(24(33)25(3,4)16-26)15-23(32)28-22-14-20(18-10-6-5-7-11-18)29-31(22)21-13-9-8-12-19(21)27/h5-14,17H,15-16H2,1-4H3,(H,28,32). The molecule has 2 aromatic carbocycles. The molecule has 0 bridgehead atoms. The lowest BCUT2D eigenvalue weighted by Gasteiger charge is -2.33. The van der Waals surface area contributed by atoms with Crippen molar-refractivity contribution in [1.29, 1.82) is 0 Å². The van der Waals surface area contributed by atoms with Gasteiger partial charge in [0.2, 0.25) is 11.8 Å². The van der Waals surface area contributed by atoms with Gasteiger partial charge < -0.3 is 10.2 Å². The van der Waals surface area contributed by atoms with Gasteiger partial charge in [-0.1, -0.05) is 54.1 Å². The largest absolute Gasteiger partial charge is 0.330 e. The molecule has 2 amide bonds. The highest BCUT2D eigenvalue weighted by molar-refractivity contribution is 6.32. The lowest BCUT2D eigenvalue weighted by Crippen LogP contribution is -2.48. The number of para-hydroxylation sites is 1. The minimum absolute atomic E-state index is 0.106. The predicted octanol–water partition coefficient (Wildman–Crippen LogP) is 5.63. The number of alkyl halides is 1. The normalized spacial score (nSPS) is 11.5. The summed E-state index contributed by atoms with van der Waals surface area (Å²) in [5.41, 5.74) is 1.45. The van der Waals surface area contributed by atoms with Crippen LogP contribution in [0, 0.1) is 5.41 Å². The van der Waals surface area contributed by atoms with Crippen molar-refractivity contribution >= 4 is 40.8 Å². The van der Waals surface area contributed by atoms with Crippen molar-refractivity contribution in [3.8, 4) is 16.9 Å². The van der Waals surface area contributed by atoms with Gasteiger partial charge in [-0.2, -0.15) is 5.10 Å². The third kappa shape index (κ3) is 5.75. The number of aromatic nitrogens is 2. The number of hydrogen-bond acceptors (Lipinski definition) is 3. The molecule has 0 fully saturated rings. The molecule has 0 radical (unpaired) electrons. The Bertz CT molecular complexity index is 1130. The first-order chi connectivity index (χ1) is 15.6. The van der Waals surface area contributed by atoms with Crippen LogP contribution in [-0.4, -0.2) is 45.0 Å². The maximum Gasteiger partial charge on any atom is 0.245 e. The summed E-state index contributed by atoms with van der Waals surface area (Å²) < 4.78 is 1.60. The van der Waals surface area contributed by atoms with Crippen LogP contribution in [0.5, 0.6) is 0 Å². The minimum atomic E-state index is -0.772. The summed E-state index contributed by atoms with van der Waals surface area (Å²) in [6, 6.07) is 18.6. The van der Waals surface area contributed by atoms with Crippen molar-refractivity contribution in [3.05, 3.63) is 65.7 Å². The topological polar surface area (TPSA) is 67.2 Å². The van der Waals surface area contributed by atoms with Gasteiger partial charge in [0.15, 0.2) is 0 Å². The number of amides is 2. The Labute approximate surface area is 204 Å².